The molecule has 4 rings (SSSR count). The highest BCUT2D eigenvalue weighted by atomic mass is 19.1. The number of rotatable bonds is 9. The Morgan fingerprint density at radius 2 is 2.06 bits per heavy atom. The Morgan fingerprint density at radius 1 is 1.27 bits per heavy atom. The maximum absolute atomic E-state index is 14.9. The Bertz CT molecular complexity index is 960. The van der Waals surface area contributed by atoms with Crippen molar-refractivity contribution in [1.82, 2.24) is 25.2 Å². The summed E-state index contributed by atoms with van der Waals surface area (Å²) in [5.74, 6) is -1.56. The van der Waals surface area contributed by atoms with Crippen molar-refractivity contribution in [2.75, 3.05) is 13.7 Å². The average Bonchev–Trinajstić information content (AvgIpc) is 3.46. The zero-order valence-electron chi connectivity index (χ0n) is 19.5. The summed E-state index contributed by atoms with van der Waals surface area (Å²) in [5, 5.41) is 21.1. The summed E-state index contributed by atoms with van der Waals surface area (Å²) >= 11 is 0. The van der Waals surface area contributed by atoms with E-state index in [-0.39, 0.29) is 11.9 Å². The highest BCUT2D eigenvalue weighted by Gasteiger charge is 2.29. The highest BCUT2D eigenvalue weighted by molar-refractivity contribution is 5.70. The fourth-order valence-electron chi connectivity index (χ4n) is 5.02. The average molecular weight is 460 g/mol. The van der Waals surface area contributed by atoms with Gasteiger partial charge in [0.1, 0.15) is 5.69 Å². The van der Waals surface area contributed by atoms with Gasteiger partial charge in [-0.05, 0) is 63.8 Å². The molecule has 2 aromatic rings. The number of ether oxygens (including phenoxy) is 1. The standard InChI is InChI=1S/C24H34FN5O3/c1-29(18-7-3-4-8-18)15-26-14-21-23(27-28-30(21)2)16-10-11-22(20(25)13-16)33-19-9-5-6-17(12-19)24(31)32/h10-11,13,17-19,26H,3-9,12,14-15H2,1-2H3,(H,31,32)/t17-,19-/m0/s1. The number of hydrogen-bond donors (Lipinski definition) is 2. The van der Waals surface area contributed by atoms with Crippen molar-refractivity contribution in [1.29, 1.82) is 0 Å². The third-order valence-electron chi connectivity index (χ3n) is 7.02. The number of aliphatic carboxylic acids is 1. The fraction of sp³-hybridized carbons (Fsp3) is 0.625. The van der Waals surface area contributed by atoms with Crippen LogP contribution in [0.4, 0.5) is 4.39 Å². The van der Waals surface area contributed by atoms with E-state index >= 15 is 0 Å². The molecule has 0 radical (unpaired) electrons. The lowest BCUT2D eigenvalue weighted by Gasteiger charge is -2.27. The minimum atomic E-state index is -0.808. The normalized spacial score (nSPS) is 21.6. The molecule has 9 heteroatoms. The minimum Gasteiger partial charge on any atom is -0.487 e. The van der Waals surface area contributed by atoms with Crippen molar-refractivity contribution in [3.8, 4) is 17.0 Å². The molecule has 33 heavy (non-hydrogen) atoms. The van der Waals surface area contributed by atoms with Crippen LogP contribution in [0.1, 0.15) is 57.1 Å². The van der Waals surface area contributed by atoms with Crippen molar-refractivity contribution >= 4 is 5.97 Å². The Balaban J connectivity index is 1.40. The molecule has 2 saturated carbocycles. The summed E-state index contributed by atoms with van der Waals surface area (Å²) in [6.07, 6.45) is 7.39. The van der Waals surface area contributed by atoms with Crippen LogP contribution in [0, 0.1) is 11.7 Å². The molecule has 0 spiro atoms. The molecule has 2 N–H and O–H groups in total. The number of nitrogens with one attached hydrogen (secondary N) is 1. The quantitative estimate of drug-likeness (QED) is 0.554. The summed E-state index contributed by atoms with van der Waals surface area (Å²) in [7, 11) is 3.98. The van der Waals surface area contributed by atoms with Gasteiger partial charge >= 0.3 is 5.97 Å². The van der Waals surface area contributed by atoms with Gasteiger partial charge in [-0.2, -0.15) is 0 Å². The maximum Gasteiger partial charge on any atom is 0.306 e. The summed E-state index contributed by atoms with van der Waals surface area (Å²) in [6, 6.07) is 5.45. The van der Waals surface area contributed by atoms with E-state index in [4.69, 9.17) is 4.74 Å². The lowest BCUT2D eigenvalue weighted by Crippen LogP contribution is -2.37. The van der Waals surface area contributed by atoms with Crippen LogP contribution in [0.15, 0.2) is 18.2 Å². The first-order chi connectivity index (χ1) is 15.9. The molecule has 2 fully saturated rings. The maximum atomic E-state index is 14.9. The Kier molecular flexibility index (Phi) is 7.60. The largest absolute Gasteiger partial charge is 0.487 e. The van der Waals surface area contributed by atoms with Gasteiger partial charge in [-0.3, -0.25) is 19.7 Å². The second-order valence-electron chi connectivity index (χ2n) is 9.38. The fourth-order valence-corrected chi connectivity index (χ4v) is 5.02. The molecule has 8 nitrogen and oxygen atoms in total. The Hall–Kier alpha value is -2.52. The van der Waals surface area contributed by atoms with E-state index in [1.54, 1.807) is 16.8 Å². The second kappa shape index (κ2) is 10.6. The van der Waals surface area contributed by atoms with Crippen LogP contribution in [0.5, 0.6) is 5.75 Å². The van der Waals surface area contributed by atoms with Gasteiger partial charge in [0.2, 0.25) is 0 Å². The van der Waals surface area contributed by atoms with E-state index in [0.29, 0.717) is 36.7 Å². The van der Waals surface area contributed by atoms with Crippen LogP contribution in [-0.2, 0) is 18.4 Å². The lowest BCUT2D eigenvalue weighted by molar-refractivity contribution is -0.143. The third kappa shape index (κ3) is 5.70. The smallest absolute Gasteiger partial charge is 0.306 e. The van der Waals surface area contributed by atoms with Gasteiger partial charge in [-0.25, -0.2) is 4.39 Å². The predicted molar refractivity (Wildman–Crippen MR) is 122 cm³/mol. The first-order valence-electron chi connectivity index (χ1n) is 11.9. The molecular formula is C24H34FN5O3. The van der Waals surface area contributed by atoms with E-state index < -0.39 is 17.7 Å². The van der Waals surface area contributed by atoms with Crippen LogP contribution < -0.4 is 10.1 Å². The molecule has 1 aromatic carbocycles. The van der Waals surface area contributed by atoms with Crippen LogP contribution in [0.3, 0.4) is 0 Å². The minimum absolute atomic E-state index is 0.150. The number of aromatic nitrogens is 3. The van der Waals surface area contributed by atoms with Crippen LogP contribution in [0.2, 0.25) is 0 Å². The molecule has 1 aromatic heterocycles. The van der Waals surface area contributed by atoms with Gasteiger partial charge in [0.25, 0.3) is 0 Å². The van der Waals surface area contributed by atoms with E-state index in [1.165, 1.54) is 31.7 Å². The van der Waals surface area contributed by atoms with Gasteiger partial charge in [0, 0.05) is 31.9 Å². The van der Waals surface area contributed by atoms with Crippen molar-refractivity contribution in [3.63, 3.8) is 0 Å². The number of hydrogen-bond acceptors (Lipinski definition) is 6. The first kappa shape index (κ1) is 23.6. The number of benzene rings is 1. The summed E-state index contributed by atoms with van der Waals surface area (Å²) in [6.45, 7) is 1.35. The number of aryl methyl sites for hydroxylation is 1. The summed E-state index contributed by atoms with van der Waals surface area (Å²) < 4.78 is 22.4. The molecule has 2 aliphatic carbocycles. The first-order valence-corrected chi connectivity index (χ1v) is 11.9. The topological polar surface area (TPSA) is 92.5 Å². The van der Waals surface area contributed by atoms with Gasteiger partial charge in [-0.15, -0.1) is 5.10 Å². The zero-order valence-corrected chi connectivity index (χ0v) is 19.5. The number of carboxylic acid groups (broad SMARTS) is 1. The Morgan fingerprint density at radius 3 is 2.79 bits per heavy atom. The van der Waals surface area contributed by atoms with Gasteiger partial charge in [-0.1, -0.05) is 18.1 Å². The predicted octanol–water partition coefficient (Wildman–Crippen LogP) is 3.56. The monoisotopic (exact) mass is 459 g/mol. The lowest BCUT2D eigenvalue weighted by atomic mass is 9.87. The number of nitrogens with zero attached hydrogens (tertiary/aromatic N) is 4. The Labute approximate surface area is 194 Å². The number of halogens is 1. The number of carboxylic acids is 1. The molecular weight excluding hydrogens is 425 g/mol. The van der Waals surface area contributed by atoms with E-state index in [9.17, 15) is 14.3 Å². The summed E-state index contributed by atoms with van der Waals surface area (Å²) in [5.41, 5.74) is 2.17. The second-order valence-corrected chi connectivity index (χ2v) is 9.38. The molecule has 0 bridgehead atoms. The van der Waals surface area contributed by atoms with E-state index in [2.05, 4.69) is 27.6 Å². The van der Waals surface area contributed by atoms with Crippen molar-refractivity contribution in [2.45, 2.75) is 70.1 Å². The summed E-state index contributed by atoms with van der Waals surface area (Å²) in [4.78, 5) is 13.6. The molecule has 1 heterocycles. The SMILES string of the molecule is CN(CNCc1c(-c2ccc(O[C@H]3CCC[C@H](C(=O)O)C3)c(F)c2)nnn1C)C1CCCC1. The zero-order chi connectivity index (χ0) is 23.4. The van der Waals surface area contributed by atoms with Gasteiger partial charge in [0.15, 0.2) is 11.6 Å². The molecule has 0 aliphatic heterocycles. The number of carbonyl (C=O) groups is 1. The molecule has 2 atom stereocenters. The van der Waals surface area contributed by atoms with Crippen LogP contribution in [-0.4, -0.2) is 56.8 Å². The molecule has 2 aliphatic rings. The van der Waals surface area contributed by atoms with Crippen LogP contribution in [0.25, 0.3) is 11.3 Å². The molecule has 0 amide bonds. The van der Waals surface area contributed by atoms with E-state index in [0.717, 1.165) is 25.2 Å². The molecule has 180 valence electrons. The van der Waals surface area contributed by atoms with Gasteiger partial charge in [0.05, 0.1) is 17.7 Å². The van der Waals surface area contributed by atoms with Gasteiger partial charge < -0.3 is 9.84 Å². The third-order valence-corrected chi connectivity index (χ3v) is 7.02. The van der Waals surface area contributed by atoms with Crippen molar-refractivity contribution in [3.05, 3.63) is 29.7 Å². The van der Waals surface area contributed by atoms with Crippen molar-refractivity contribution < 1.29 is 19.0 Å². The van der Waals surface area contributed by atoms with Crippen molar-refractivity contribution in [2.24, 2.45) is 13.0 Å². The molecule has 0 saturated heterocycles. The molecule has 0 unspecified atom stereocenters. The van der Waals surface area contributed by atoms with Crippen LogP contribution >= 0.6 is 0 Å². The highest BCUT2D eigenvalue weighted by Crippen LogP contribution is 2.31. The van der Waals surface area contributed by atoms with E-state index in [1.807, 2.05) is 7.05 Å².